The van der Waals surface area contributed by atoms with E-state index in [-0.39, 0.29) is 5.57 Å². The van der Waals surface area contributed by atoms with Crippen LogP contribution < -0.4 is 19.5 Å². The SMILES string of the molecule is COc1ccc(C2C(C(=O)c3cccs3)=C([O-])C(=O)N2CC[NH+]2CCOCC2)cc1OC. The topological polar surface area (TPSA) is 92.6 Å². The smallest absolute Gasteiger partial charge is 0.240 e. The third-order valence-electron chi connectivity index (χ3n) is 5.90. The van der Waals surface area contributed by atoms with Gasteiger partial charge < -0.3 is 29.1 Å². The summed E-state index contributed by atoms with van der Waals surface area (Å²) in [6.45, 7) is 4.08. The van der Waals surface area contributed by atoms with Crippen molar-refractivity contribution in [3.05, 3.63) is 57.5 Å². The summed E-state index contributed by atoms with van der Waals surface area (Å²) in [5.41, 5.74) is 0.625. The number of hydrogen-bond donors (Lipinski definition) is 1. The van der Waals surface area contributed by atoms with E-state index in [0.717, 1.165) is 13.1 Å². The minimum atomic E-state index is -0.773. The van der Waals surface area contributed by atoms with Crippen molar-refractivity contribution in [1.82, 2.24) is 4.90 Å². The maximum Gasteiger partial charge on any atom is 0.240 e. The summed E-state index contributed by atoms with van der Waals surface area (Å²) >= 11 is 1.25. The summed E-state index contributed by atoms with van der Waals surface area (Å²) in [6, 6.07) is 7.87. The van der Waals surface area contributed by atoms with E-state index in [1.165, 1.54) is 35.4 Å². The van der Waals surface area contributed by atoms with Gasteiger partial charge in [-0.1, -0.05) is 12.1 Å². The van der Waals surface area contributed by atoms with Crippen LogP contribution in [0.5, 0.6) is 11.5 Å². The predicted molar refractivity (Wildman–Crippen MR) is 116 cm³/mol. The van der Waals surface area contributed by atoms with Crippen molar-refractivity contribution in [2.45, 2.75) is 6.04 Å². The van der Waals surface area contributed by atoms with Gasteiger partial charge in [-0.05, 0) is 34.9 Å². The van der Waals surface area contributed by atoms with Gasteiger partial charge in [0.15, 0.2) is 11.5 Å². The Hall–Kier alpha value is -2.88. The summed E-state index contributed by atoms with van der Waals surface area (Å²) in [6.07, 6.45) is 0. The maximum atomic E-state index is 13.3. The third-order valence-corrected chi connectivity index (χ3v) is 6.77. The third kappa shape index (κ3) is 4.23. The van der Waals surface area contributed by atoms with Gasteiger partial charge in [-0.25, -0.2) is 0 Å². The Morgan fingerprint density at radius 3 is 2.62 bits per heavy atom. The highest BCUT2D eigenvalue weighted by Crippen LogP contribution is 2.41. The lowest BCUT2D eigenvalue weighted by Crippen LogP contribution is -3.14. The van der Waals surface area contributed by atoms with Crippen LogP contribution in [-0.2, 0) is 9.53 Å². The molecule has 170 valence electrons. The van der Waals surface area contributed by atoms with Crippen LogP contribution in [0.3, 0.4) is 0 Å². The van der Waals surface area contributed by atoms with Gasteiger partial charge in [0.05, 0.1) is 51.4 Å². The van der Waals surface area contributed by atoms with Crippen molar-refractivity contribution < 1.29 is 33.8 Å². The number of rotatable bonds is 8. The Morgan fingerprint density at radius 1 is 1.22 bits per heavy atom. The number of hydrogen-bond acceptors (Lipinski definition) is 7. The van der Waals surface area contributed by atoms with Crippen molar-refractivity contribution in [2.24, 2.45) is 0 Å². The van der Waals surface area contributed by atoms with E-state index in [2.05, 4.69) is 0 Å². The molecule has 1 fully saturated rings. The lowest BCUT2D eigenvalue weighted by Gasteiger charge is -2.30. The molecular weight excluding hydrogens is 432 g/mol. The number of methoxy groups -OCH3 is 2. The molecule has 32 heavy (non-hydrogen) atoms. The van der Waals surface area contributed by atoms with Crippen molar-refractivity contribution in [1.29, 1.82) is 0 Å². The summed E-state index contributed by atoms with van der Waals surface area (Å²) < 4.78 is 16.2. The molecule has 1 unspecified atom stereocenters. The molecule has 0 spiro atoms. The monoisotopic (exact) mass is 458 g/mol. The molecule has 1 aromatic heterocycles. The van der Waals surface area contributed by atoms with Gasteiger partial charge in [0.1, 0.15) is 13.1 Å². The van der Waals surface area contributed by atoms with E-state index in [0.29, 0.717) is 48.2 Å². The van der Waals surface area contributed by atoms with Crippen LogP contribution in [0.2, 0.25) is 0 Å². The fraction of sp³-hybridized carbons (Fsp3) is 0.391. The quantitative estimate of drug-likeness (QED) is 0.563. The standard InChI is InChI=1S/C23H26N2O6S/c1-29-16-6-5-15(14-17(16)30-2)20-19(21(26)18-4-3-13-32-18)22(27)23(28)25(20)8-7-24-9-11-31-12-10-24/h3-6,13-14,20,27H,7-12H2,1-2H3. The molecule has 0 radical (unpaired) electrons. The van der Waals surface area contributed by atoms with Crippen LogP contribution in [0, 0.1) is 0 Å². The fourth-order valence-electron chi connectivity index (χ4n) is 4.20. The van der Waals surface area contributed by atoms with Gasteiger partial charge >= 0.3 is 0 Å². The molecule has 0 saturated carbocycles. The van der Waals surface area contributed by atoms with Crippen LogP contribution in [0.1, 0.15) is 21.3 Å². The van der Waals surface area contributed by atoms with Gasteiger partial charge in [0.25, 0.3) is 0 Å². The number of quaternary nitrogens is 1. The molecule has 0 bridgehead atoms. The highest BCUT2D eigenvalue weighted by atomic mass is 32.1. The second-order valence-electron chi connectivity index (χ2n) is 7.68. The molecule has 1 saturated heterocycles. The van der Waals surface area contributed by atoms with Gasteiger partial charge in [0.2, 0.25) is 11.7 Å². The average molecular weight is 459 g/mol. The van der Waals surface area contributed by atoms with E-state index in [1.54, 1.807) is 35.7 Å². The molecule has 3 heterocycles. The van der Waals surface area contributed by atoms with Crippen LogP contribution >= 0.6 is 11.3 Å². The van der Waals surface area contributed by atoms with E-state index >= 15 is 0 Å². The molecule has 2 aliphatic heterocycles. The number of amides is 1. The number of Topliss-reactive ketones (excluding diaryl/α,β-unsaturated/α-hetero) is 1. The van der Waals surface area contributed by atoms with E-state index in [4.69, 9.17) is 14.2 Å². The van der Waals surface area contributed by atoms with Gasteiger partial charge in [-0.2, -0.15) is 0 Å². The van der Waals surface area contributed by atoms with Crippen LogP contribution in [0.15, 0.2) is 47.0 Å². The predicted octanol–water partition coefficient (Wildman–Crippen LogP) is 0.0610. The zero-order chi connectivity index (χ0) is 22.7. The van der Waals surface area contributed by atoms with E-state index in [9.17, 15) is 14.7 Å². The zero-order valence-corrected chi connectivity index (χ0v) is 18.9. The number of carbonyl (C=O) groups excluding carboxylic acids is 2. The number of benzene rings is 1. The largest absolute Gasteiger partial charge is 0.868 e. The molecule has 1 aromatic carbocycles. The van der Waals surface area contributed by atoms with E-state index in [1.807, 2.05) is 0 Å². The summed E-state index contributed by atoms with van der Waals surface area (Å²) in [5.74, 6) is -0.780. The Balaban J connectivity index is 1.71. The number of thiophene rings is 1. The molecule has 2 aromatic rings. The molecular formula is C23H26N2O6S. The lowest BCUT2D eigenvalue weighted by molar-refractivity contribution is -0.907. The molecule has 1 amide bonds. The first-order valence-electron chi connectivity index (χ1n) is 10.5. The second-order valence-corrected chi connectivity index (χ2v) is 8.62. The molecule has 9 heteroatoms. The summed E-state index contributed by atoms with van der Waals surface area (Å²) in [5, 5.41) is 14.8. The molecule has 8 nitrogen and oxygen atoms in total. The van der Waals surface area contributed by atoms with Crippen LogP contribution in [0.25, 0.3) is 0 Å². The number of nitrogens with zero attached hydrogens (tertiary/aromatic N) is 1. The molecule has 0 aliphatic carbocycles. The van der Waals surface area contributed by atoms with Crippen molar-refractivity contribution >= 4 is 23.0 Å². The molecule has 4 rings (SSSR count). The van der Waals surface area contributed by atoms with Crippen molar-refractivity contribution in [2.75, 3.05) is 53.6 Å². The van der Waals surface area contributed by atoms with Gasteiger partial charge in [0, 0.05) is 5.57 Å². The minimum Gasteiger partial charge on any atom is -0.868 e. The Kier molecular flexibility index (Phi) is 6.78. The minimum absolute atomic E-state index is 0.0124. The zero-order valence-electron chi connectivity index (χ0n) is 18.1. The Labute approximate surface area is 190 Å². The number of carbonyl (C=O) groups is 2. The second kappa shape index (κ2) is 9.72. The first-order valence-corrected chi connectivity index (χ1v) is 11.4. The van der Waals surface area contributed by atoms with Gasteiger partial charge in [-0.3, -0.25) is 9.59 Å². The van der Waals surface area contributed by atoms with Crippen molar-refractivity contribution in [3.63, 3.8) is 0 Å². The number of ketones is 1. The summed E-state index contributed by atoms with van der Waals surface area (Å²) in [7, 11) is 3.06. The highest BCUT2D eigenvalue weighted by molar-refractivity contribution is 7.12. The highest BCUT2D eigenvalue weighted by Gasteiger charge is 2.40. The molecule has 2 aliphatic rings. The number of morpholine rings is 1. The fourth-order valence-corrected chi connectivity index (χ4v) is 4.88. The maximum absolute atomic E-state index is 13.3. The number of nitrogens with one attached hydrogen (secondary N) is 1. The molecule has 1 N–H and O–H groups in total. The summed E-state index contributed by atoms with van der Waals surface area (Å²) in [4.78, 5) is 29.6. The first-order chi connectivity index (χ1) is 15.5. The number of ether oxygens (including phenoxy) is 3. The van der Waals surface area contributed by atoms with E-state index < -0.39 is 23.5 Å². The van der Waals surface area contributed by atoms with Crippen LogP contribution in [0.4, 0.5) is 0 Å². The van der Waals surface area contributed by atoms with Gasteiger partial charge in [-0.15, -0.1) is 11.3 Å². The normalized spacial score (nSPS) is 19.5. The van der Waals surface area contributed by atoms with Crippen molar-refractivity contribution in [3.8, 4) is 11.5 Å². The van der Waals surface area contributed by atoms with Crippen LogP contribution in [-0.4, -0.2) is 70.2 Å². The Morgan fingerprint density at radius 2 is 1.97 bits per heavy atom. The lowest BCUT2D eigenvalue weighted by atomic mass is 9.95. The average Bonchev–Trinajstić information content (AvgIpc) is 3.45. The first kappa shape index (κ1) is 22.3. The molecule has 1 atom stereocenters. The Bertz CT molecular complexity index is 1010.